The van der Waals surface area contributed by atoms with Crippen LogP contribution in [-0.2, 0) is 16.8 Å². The van der Waals surface area contributed by atoms with E-state index in [1.165, 1.54) is 11.6 Å². The molecule has 0 atom stereocenters. The third kappa shape index (κ3) is 5.78. The van der Waals surface area contributed by atoms with E-state index in [-0.39, 0.29) is 17.3 Å². The molecule has 1 heterocycles. The lowest BCUT2D eigenvalue weighted by atomic mass is 9.84. The molecule has 190 valence electrons. The number of thiazole rings is 1. The summed E-state index contributed by atoms with van der Waals surface area (Å²) in [5.74, 6) is -0.584. The first-order valence-electron chi connectivity index (χ1n) is 11.4. The van der Waals surface area contributed by atoms with Crippen molar-refractivity contribution in [1.29, 1.82) is 0 Å². The van der Waals surface area contributed by atoms with Gasteiger partial charge >= 0.3 is 5.97 Å². The Kier molecular flexibility index (Phi) is 7.54. The van der Waals surface area contributed by atoms with Crippen LogP contribution in [0.5, 0.6) is 17.4 Å². The summed E-state index contributed by atoms with van der Waals surface area (Å²) in [4.78, 5) is 28.6. The highest BCUT2D eigenvalue weighted by molar-refractivity contribution is 7.12. The number of nitrogens with one attached hydrogen (secondary N) is 1. The van der Waals surface area contributed by atoms with Gasteiger partial charge in [0.15, 0.2) is 4.88 Å². The van der Waals surface area contributed by atoms with E-state index in [1.54, 1.807) is 81.6 Å². The van der Waals surface area contributed by atoms with Crippen LogP contribution in [-0.4, -0.2) is 29.1 Å². The lowest BCUT2D eigenvalue weighted by Crippen LogP contribution is -2.28. The van der Waals surface area contributed by atoms with Crippen molar-refractivity contribution in [2.75, 3.05) is 7.11 Å². The molecule has 0 fully saturated rings. The van der Waals surface area contributed by atoms with Crippen LogP contribution in [0.1, 0.15) is 34.6 Å². The van der Waals surface area contributed by atoms with Crippen molar-refractivity contribution in [2.45, 2.75) is 25.8 Å². The molecule has 0 aliphatic carbocycles. The normalized spacial score (nSPS) is 11.1. The number of hydrogen-bond acceptors (Lipinski definition) is 6. The van der Waals surface area contributed by atoms with Gasteiger partial charge in [-0.1, -0.05) is 42.5 Å². The van der Waals surface area contributed by atoms with E-state index < -0.39 is 23.1 Å². The number of aliphatic carboxylic acids is 1. The van der Waals surface area contributed by atoms with E-state index in [2.05, 4.69) is 10.3 Å². The number of aromatic nitrogens is 1. The molecule has 0 saturated carbocycles. The Labute approximate surface area is 217 Å². The number of amides is 1. The number of carboxylic acid groups (broad SMARTS) is 1. The van der Waals surface area contributed by atoms with Crippen LogP contribution < -0.4 is 14.8 Å². The fraction of sp³-hybridized carbons (Fsp3) is 0.179. The summed E-state index contributed by atoms with van der Waals surface area (Å²) in [6.45, 7) is 3.24. The molecule has 0 unspecified atom stereocenters. The maximum Gasteiger partial charge on any atom is 0.313 e. The molecule has 7 nitrogen and oxygen atoms in total. The van der Waals surface area contributed by atoms with E-state index in [9.17, 15) is 19.1 Å². The molecular weight excluding hydrogens is 495 g/mol. The van der Waals surface area contributed by atoms with E-state index in [1.807, 2.05) is 0 Å². The predicted molar refractivity (Wildman–Crippen MR) is 139 cm³/mol. The van der Waals surface area contributed by atoms with Crippen molar-refractivity contribution >= 4 is 23.2 Å². The number of benzene rings is 3. The second kappa shape index (κ2) is 10.8. The van der Waals surface area contributed by atoms with Crippen molar-refractivity contribution in [3.05, 3.63) is 94.1 Å². The molecule has 4 aromatic rings. The highest BCUT2D eigenvalue weighted by Gasteiger charge is 2.29. The van der Waals surface area contributed by atoms with Crippen LogP contribution in [0.4, 0.5) is 4.39 Å². The first-order chi connectivity index (χ1) is 17.7. The SMILES string of the molecule is COc1cccc(Oc2ncsc2C(=O)NCc2ccc(-c3ccc(C(C)(C)C(=O)O)cc3)cc2F)c1. The first kappa shape index (κ1) is 25.8. The third-order valence-electron chi connectivity index (χ3n) is 5.96. The summed E-state index contributed by atoms with van der Waals surface area (Å²) in [6, 6.07) is 18.7. The van der Waals surface area contributed by atoms with Crippen LogP contribution in [0.3, 0.4) is 0 Å². The molecule has 9 heteroatoms. The monoisotopic (exact) mass is 520 g/mol. The molecule has 0 bridgehead atoms. The standard InChI is InChI=1S/C28H25FN2O5S/c1-28(2,27(33)34)20-11-9-17(10-12-20)18-7-8-19(23(29)13-18)15-30-25(32)24-26(31-16-37-24)36-22-6-4-5-21(14-22)35-3/h4-14,16H,15H2,1-3H3,(H,30,32)(H,33,34). The smallest absolute Gasteiger partial charge is 0.313 e. The maximum absolute atomic E-state index is 14.9. The largest absolute Gasteiger partial charge is 0.497 e. The van der Waals surface area contributed by atoms with Gasteiger partial charge in [0.05, 0.1) is 18.0 Å². The highest BCUT2D eigenvalue weighted by atomic mass is 32.1. The van der Waals surface area contributed by atoms with Crippen LogP contribution in [0.2, 0.25) is 0 Å². The number of ether oxygens (including phenoxy) is 2. The zero-order valence-electron chi connectivity index (χ0n) is 20.4. The van der Waals surface area contributed by atoms with Crippen molar-refractivity contribution in [3.63, 3.8) is 0 Å². The van der Waals surface area contributed by atoms with Gasteiger partial charge in [0, 0.05) is 18.2 Å². The molecule has 4 rings (SSSR count). The van der Waals surface area contributed by atoms with Gasteiger partial charge in [0.25, 0.3) is 5.91 Å². The zero-order valence-corrected chi connectivity index (χ0v) is 21.3. The summed E-state index contributed by atoms with van der Waals surface area (Å²) >= 11 is 1.12. The number of halogens is 1. The van der Waals surface area contributed by atoms with Gasteiger partial charge in [-0.15, -0.1) is 11.3 Å². The molecule has 0 spiro atoms. The molecule has 1 aromatic heterocycles. The Morgan fingerprint density at radius 2 is 1.73 bits per heavy atom. The molecule has 2 N–H and O–H groups in total. The van der Waals surface area contributed by atoms with E-state index in [0.717, 1.165) is 16.9 Å². The fourth-order valence-electron chi connectivity index (χ4n) is 3.56. The predicted octanol–water partition coefficient (Wildman–Crippen LogP) is 6.04. The molecular formula is C28H25FN2O5S. The second-order valence-corrected chi connectivity index (χ2v) is 9.62. The maximum atomic E-state index is 14.9. The Balaban J connectivity index is 1.42. The number of hydrogen-bond donors (Lipinski definition) is 2. The first-order valence-corrected chi connectivity index (χ1v) is 12.2. The highest BCUT2D eigenvalue weighted by Crippen LogP contribution is 2.30. The minimum Gasteiger partial charge on any atom is -0.497 e. The molecule has 0 radical (unpaired) electrons. The fourth-order valence-corrected chi connectivity index (χ4v) is 4.19. The van der Waals surface area contributed by atoms with Gasteiger partial charge in [0.1, 0.15) is 17.3 Å². The second-order valence-electron chi connectivity index (χ2n) is 8.76. The summed E-state index contributed by atoms with van der Waals surface area (Å²) < 4.78 is 25.8. The van der Waals surface area contributed by atoms with Crippen molar-refractivity contribution in [3.8, 4) is 28.5 Å². The minimum absolute atomic E-state index is 0.0206. The molecule has 0 aliphatic heterocycles. The van der Waals surface area contributed by atoms with Gasteiger partial charge in [-0.2, -0.15) is 0 Å². The van der Waals surface area contributed by atoms with Gasteiger partial charge in [-0.05, 0) is 48.7 Å². The zero-order chi connectivity index (χ0) is 26.6. The average molecular weight is 521 g/mol. The van der Waals surface area contributed by atoms with Crippen LogP contribution in [0.15, 0.2) is 72.2 Å². The Morgan fingerprint density at radius 3 is 2.41 bits per heavy atom. The van der Waals surface area contributed by atoms with Crippen molar-refractivity contribution in [1.82, 2.24) is 10.3 Å². The lowest BCUT2D eigenvalue weighted by Gasteiger charge is -2.20. The quantitative estimate of drug-likeness (QED) is 0.279. The summed E-state index contributed by atoms with van der Waals surface area (Å²) in [5.41, 5.74) is 2.85. The van der Waals surface area contributed by atoms with E-state index in [0.29, 0.717) is 28.2 Å². The summed E-state index contributed by atoms with van der Waals surface area (Å²) in [6.07, 6.45) is 0. The number of carboxylic acids is 1. The molecule has 1 amide bonds. The number of methoxy groups -OCH3 is 1. The number of carbonyl (C=O) groups is 2. The number of rotatable bonds is 9. The van der Waals surface area contributed by atoms with Gasteiger partial charge < -0.3 is 19.9 Å². The van der Waals surface area contributed by atoms with Gasteiger partial charge in [0.2, 0.25) is 5.88 Å². The summed E-state index contributed by atoms with van der Waals surface area (Å²) in [7, 11) is 1.55. The Bertz CT molecular complexity index is 1430. The Hall–Kier alpha value is -4.24. The van der Waals surface area contributed by atoms with E-state index in [4.69, 9.17) is 9.47 Å². The topological polar surface area (TPSA) is 97.8 Å². The molecule has 0 saturated heterocycles. The van der Waals surface area contributed by atoms with Crippen LogP contribution in [0.25, 0.3) is 11.1 Å². The average Bonchev–Trinajstić information content (AvgIpc) is 3.36. The molecule has 37 heavy (non-hydrogen) atoms. The Morgan fingerprint density at radius 1 is 1.03 bits per heavy atom. The molecule has 0 aliphatic rings. The summed E-state index contributed by atoms with van der Waals surface area (Å²) in [5, 5.41) is 12.1. The van der Waals surface area contributed by atoms with Crippen LogP contribution in [0, 0.1) is 5.82 Å². The lowest BCUT2D eigenvalue weighted by molar-refractivity contribution is -0.142. The number of carbonyl (C=O) groups excluding carboxylic acids is 1. The minimum atomic E-state index is -1.03. The van der Waals surface area contributed by atoms with Gasteiger partial charge in [-0.25, -0.2) is 9.37 Å². The third-order valence-corrected chi connectivity index (χ3v) is 6.77. The van der Waals surface area contributed by atoms with Crippen molar-refractivity contribution < 1.29 is 28.6 Å². The van der Waals surface area contributed by atoms with Gasteiger partial charge in [-0.3, -0.25) is 9.59 Å². The number of nitrogens with zero attached hydrogens (tertiary/aromatic N) is 1. The van der Waals surface area contributed by atoms with Crippen molar-refractivity contribution in [2.24, 2.45) is 0 Å². The van der Waals surface area contributed by atoms with Crippen LogP contribution >= 0.6 is 11.3 Å². The molecule has 3 aromatic carbocycles. The van der Waals surface area contributed by atoms with E-state index >= 15 is 0 Å².